The van der Waals surface area contributed by atoms with Gasteiger partial charge >= 0.3 is 5.92 Å². The lowest BCUT2D eigenvalue weighted by atomic mass is 9.97. The molecule has 0 aliphatic rings. The number of halogens is 4. The van der Waals surface area contributed by atoms with Gasteiger partial charge < -0.3 is 5.73 Å². The van der Waals surface area contributed by atoms with Gasteiger partial charge in [0.1, 0.15) is 22.8 Å². The van der Waals surface area contributed by atoms with Crippen molar-refractivity contribution in [3.05, 3.63) is 23.3 Å². The van der Waals surface area contributed by atoms with E-state index in [1.54, 1.807) is 0 Å². The summed E-state index contributed by atoms with van der Waals surface area (Å²) in [5, 5.41) is 12.3. The van der Waals surface area contributed by atoms with Crippen molar-refractivity contribution in [2.24, 2.45) is 0 Å². The van der Waals surface area contributed by atoms with Crippen molar-refractivity contribution >= 4 is 11.5 Å². The number of rotatable bonds is 2. The van der Waals surface area contributed by atoms with Gasteiger partial charge in [0.25, 0.3) is 0 Å². The van der Waals surface area contributed by atoms with Gasteiger partial charge in [0.05, 0.1) is 6.20 Å². The number of nitrogens with zero attached hydrogens (tertiary/aromatic N) is 4. The van der Waals surface area contributed by atoms with Crippen LogP contribution in [0.1, 0.15) is 25.1 Å². The van der Waals surface area contributed by atoms with Crippen LogP contribution in [0, 0.1) is 17.1 Å². The zero-order chi connectivity index (χ0) is 15.3. The molecule has 2 rings (SSSR count). The van der Waals surface area contributed by atoms with E-state index in [1.807, 2.05) is 0 Å². The molecule has 0 saturated heterocycles. The van der Waals surface area contributed by atoms with Gasteiger partial charge in [-0.2, -0.15) is 14.0 Å². The summed E-state index contributed by atoms with van der Waals surface area (Å²) in [5.41, 5.74) is -0.419. The van der Waals surface area contributed by atoms with Crippen molar-refractivity contribution in [1.82, 2.24) is 14.6 Å². The van der Waals surface area contributed by atoms with Gasteiger partial charge in [0.2, 0.25) is 5.95 Å². The average molecular weight is 287 g/mol. The second-order valence-corrected chi connectivity index (χ2v) is 4.61. The molecule has 0 spiro atoms. The largest absolute Gasteiger partial charge is 0.367 e. The minimum Gasteiger partial charge on any atom is -0.367 e. The smallest absolute Gasteiger partial charge is 0.323 e. The monoisotopic (exact) mass is 287 g/mol. The van der Waals surface area contributed by atoms with Gasteiger partial charge in [-0.15, -0.1) is 5.10 Å². The lowest BCUT2D eigenvalue weighted by Gasteiger charge is -2.26. The summed E-state index contributed by atoms with van der Waals surface area (Å²) in [5.74, 6) is -5.80. The number of anilines is 1. The Hall–Kier alpha value is -2.37. The summed E-state index contributed by atoms with van der Waals surface area (Å²) in [6, 6.07) is 1.30. The van der Waals surface area contributed by atoms with Gasteiger partial charge in [-0.05, 0) is 13.8 Å². The summed E-state index contributed by atoms with van der Waals surface area (Å²) in [4.78, 5) is 3.46. The van der Waals surface area contributed by atoms with Crippen LogP contribution in [0.2, 0.25) is 0 Å². The Bertz CT molecular complexity index is 723. The van der Waals surface area contributed by atoms with Gasteiger partial charge in [-0.25, -0.2) is 18.3 Å². The third-order valence-corrected chi connectivity index (χ3v) is 2.80. The molecule has 0 atom stereocenters. The van der Waals surface area contributed by atoms with Crippen molar-refractivity contribution in [2.45, 2.75) is 25.4 Å². The molecule has 20 heavy (non-hydrogen) atoms. The Labute approximate surface area is 110 Å². The van der Waals surface area contributed by atoms with E-state index in [2.05, 4.69) is 10.1 Å². The van der Waals surface area contributed by atoms with Gasteiger partial charge in [0.15, 0.2) is 11.5 Å². The van der Waals surface area contributed by atoms with Crippen molar-refractivity contribution in [2.75, 3.05) is 5.73 Å². The third kappa shape index (κ3) is 1.76. The maximum atomic E-state index is 14.2. The van der Waals surface area contributed by atoms with E-state index in [-0.39, 0.29) is 0 Å². The molecule has 0 aromatic carbocycles. The first-order valence-corrected chi connectivity index (χ1v) is 5.41. The first-order chi connectivity index (χ1) is 9.11. The third-order valence-electron chi connectivity index (χ3n) is 2.80. The summed E-state index contributed by atoms with van der Waals surface area (Å²) in [6.07, 6.45) is 0.851. The Balaban J connectivity index is 2.95. The summed E-state index contributed by atoms with van der Waals surface area (Å²) >= 11 is 0. The number of alkyl halides is 3. The van der Waals surface area contributed by atoms with E-state index < -0.39 is 40.1 Å². The number of fused-ring (bicyclic) bond motifs is 1. The van der Waals surface area contributed by atoms with Crippen LogP contribution in [0.15, 0.2) is 6.20 Å². The Morgan fingerprint density at radius 2 is 1.95 bits per heavy atom. The molecule has 2 aromatic heterocycles. The molecule has 2 heterocycles. The fourth-order valence-corrected chi connectivity index (χ4v) is 1.70. The van der Waals surface area contributed by atoms with Crippen LogP contribution in [0.4, 0.5) is 23.5 Å². The Kier molecular flexibility index (Phi) is 2.85. The maximum Gasteiger partial charge on any atom is 0.323 e. The SMILES string of the molecule is CC(C)(F)C(F)(F)c1c(C#N)c(F)c2cnc(N)nn12. The fraction of sp³-hybridized carbons (Fsp3) is 0.364. The molecule has 0 saturated carbocycles. The lowest BCUT2D eigenvalue weighted by Crippen LogP contribution is -2.38. The van der Waals surface area contributed by atoms with E-state index in [0.29, 0.717) is 18.4 Å². The minimum absolute atomic E-state index is 0.411. The highest BCUT2D eigenvalue weighted by Crippen LogP contribution is 2.43. The second kappa shape index (κ2) is 4.06. The van der Waals surface area contributed by atoms with Crippen LogP contribution in [0.3, 0.4) is 0 Å². The van der Waals surface area contributed by atoms with Crippen LogP contribution in [0.25, 0.3) is 5.52 Å². The highest BCUT2D eigenvalue weighted by atomic mass is 19.3. The Morgan fingerprint density at radius 3 is 2.45 bits per heavy atom. The van der Waals surface area contributed by atoms with Gasteiger partial charge in [-0.3, -0.25) is 0 Å². The molecule has 0 amide bonds. The maximum absolute atomic E-state index is 14.2. The summed E-state index contributed by atoms with van der Waals surface area (Å²) < 4.78 is 56.4. The van der Waals surface area contributed by atoms with Crippen molar-refractivity contribution in [3.8, 4) is 6.07 Å². The topological polar surface area (TPSA) is 80.0 Å². The number of nitriles is 1. The number of aromatic nitrogens is 3. The number of nitrogens with two attached hydrogens (primary N) is 1. The molecular weight excluding hydrogens is 278 g/mol. The van der Waals surface area contributed by atoms with Crippen molar-refractivity contribution in [1.29, 1.82) is 5.26 Å². The summed E-state index contributed by atoms with van der Waals surface area (Å²) in [7, 11) is 0. The Morgan fingerprint density at radius 1 is 1.35 bits per heavy atom. The molecule has 2 N–H and O–H groups in total. The number of nitrogen functional groups attached to an aromatic ring is 1. The van der Waals surface area contributed by atoms with Crippen LogP contribution in [0.5, 0.6) is 0 Å². The van der Waals surface area contributed by atoms with E-state index >= 15 is 0 Å². The molecule has 0 aliphatic heterocycles. The highest BCUT2D eigenvalue weighted by Gasteiger charge is 2.53. The van der Waals surface area contributed by atoms with E-state index in [9.17, 15) is 17.6 Å². The van der Waals surface area contributed by atoms with E-state index in [4.69, 9.17) is 11.0 Å². The molecule has 2 aromatic rings. The van der Waals surface area contributed by atoms with Crippen molar-refractivity contribution < 1.29 is 17.6 Å². The molecule has 0 bridgehead atoms. The summed E-state index contributed by atoms with van der Waals surface area (Å²) in [6.45, 7) is 1.24. The fourth-order valence-electron chi connectivity index (χ4n) is 1.70. The average Bonchev–Trinajstić information content (AvgIpc) is 2.60. The van der Waals surface area contributed by atoms with E-state index in [0.717, 1.165) is 6.20 Å². The normalized spacial score (nSPS) is 12.7. The van der Waals surface area contributed by atoms with Crippen molar-refractivity contribution in [3.63, 3.8) is 0 Å². The number of hydrogen-bond donors (Lipinski definition) is 1. The number of hydrogen-bond acceptors (Lipinski definition) is 4. The standard InChI is InChI=1S/C11H9F4N5/c1-10(2,13)11(14,15)8-5(3-16)7(12)6-4-18-9(17)19-20(6)8/h4H,1-2H3,(H2,17,19). The molecule has 0 fully saturated rings. The molecule has 0 unspecified atom stereocenters. The second-order valence-electron chi connectivity index (χ2n) is 4.61. The molecule has 0 aliphatic carbocycles. The zero-order valence-electron chi connectivity index (χ0n) is 10.5. The van der Waals surface area contributed by atoms with Crippen LogP contribution < -0.4 is 5.73 Å². The van der Waals surface area contributed by atoms with Gasteiger partial charge in [-0.1, -0.05) is 0 Å². The van der Waals surface area contributed by atoms with Crippen LogP contribution >= 0.6 is 0 Å². The first-order valence-electron chi connectivity index (χ1n) is 5.41. The minimum atomic E-state index is -4.15. The quantitative estimate of drug-likeness (QED) is 0.858. The van der Waals surface area contributed by atoms with Crippen LogP contribution in [-0.2, 0) is 5.92 Å². The lowest BCUT2D eigenvalue weighted by molar-refractivity contribution is -0.131. The zero-order valence-corrected chi connectivity index (χ0v) is 10.5. The predicted molar refractivity (Wildman–Crippen MR) is 61.2 cm³/mol. The molecule has 9 heteroatoms. The molecular formula is C11H9F4N5. The van der Waals surface area contributed by atoms with E-state index in [1.165, 1.54) is 6.07 Å². The van der Waals surface area contributed by atoms with Crippen LogP contribution in [-0.4, -0.2) is 20.3 Å². The molecule has 5 nitrogen and oxygen atoms in total. The predicted octanol–water partition coefficient (Wildman–Crippen LogP) is 2.16. The molecule has 106 valence electrons. The molecule has 0 radical (unpaired) electrons. The first kappa shape index (κ1) is 14.0. The van der Waals surface area contributed by atoms with Gasteiger partial charge in [0, 0.05) is 0 Å². The highest BCUT2D eigenvalue weighted by molar-refractivity contribution is 5.58.